The fourth-order valence-corrected chi connectivity index (χ4v) is 8.21. The van der Waals surface area contributed by atoms with E-state index >= 15 is 0 Å². The number of ether oxygens (including phenoxy) is 2. The average Bonchev–Trinajstić information content (AvgIpc) is 3.59. The highest BCUT2D eigenvalue weighted by molar-refractivity contribution is 5.97. The molecule has 252 valence electrons. The van der Waals surface area contributed by atoms with Crippen molar-refractivity contribution in [1.82, 2.24) is 19.8 Å². The molecule has 3 atom stereocenters. The van der Waals surface area contributed by atoms with Crippen molar-refractivity contribution in [3.8, 4) is 6.01 Å². The van der Waals surface area contributed by atoms with Gasteiger partial charge in [-0.3, -0.25) is 4.90 Å². The first-order chi connectivity index (χ1) is 22.7. The van der Waals surface area contributed by atoms with Crippen molar-refractivity contribution < 1.29 is 14.3 Å². The number of aryl methyl sites for hydroxylation is 1. The van der Waals surface area contributed by atoms with Crippen LogP contribution in [-0.2, 0) is 24.1 Å². The van der Waals surface area contributed by atoms with Gasteiger partial charge in [-0.25, -0.2) is 4.79 Å². The highest BCUT2D eigenvalue weighted by atomic mass is 16.6. The molecule has 0 aliphatic carbocycles. The van der Waals surface area contributed by atoms with Crippen LogP contribution in [-0.4, -0.2) is 89.4 Å². The van der Waals surface area contributed by atoms with E-state index < -0.39 is 5.60 Å². The largest absolute Gasteiger partial charge is 0.462 e. The summed E-state index contributed by atoms with van der Waals surface area (Å²) in [6.45, 7) is 12.9. The molecule has 47 heavy (non-hydrogen) atoms. The first-order valence-corrected chi connectivity index (χ1v) is 17.9. The molecule has 4 aliphatic rings. The summed E-state index contributed by atoms with van der Waals surface area (Å²) in [7, 11) is 2.18. The molecule has 1 aromatic heterocycles. The van der Waals surface area contributed by atoms with Crippen LogP contribution >= 0.6 is 0 Å². The molecule has 0 saturated carbocycles. The Hall–Kier alpha value is -3.59. The van der Waals surface area contributed by atoms with Crippen molar-refractivity contribution >= 4 is 28.4 Å². The predicted octanol–water partition coefficient (Wildman–Crippen LogP) is 6.60. The number of amides is 1. The van der Waals surface area contributed by atoms with Crippen LogP contribution in [0.25, 0.3) is 10.8 Å². The summed E-state index contributed by atoms with van der Waals surface area (Å²) < 4.78 is 12.2. The zero-order valence-corrected chi connectivity index (χ0v) is 29.0. The maximum Gasteiger partial charge on any atom is 0.410 e. The van der Waals surface area contributed by atoms with Gasteiger partial charge < -0.3 is 24.2 Å². The molecule has 2 bridgehead atoms. The first kappa shape index (κ1) is 32.0. The molecule has 4 aliphatic heterocycles. The van der Waals surface area contributed by atoms with Crippen LogP contribution < -0.4 is 14.5 Å². The van der Waals surface area contributed by atoms with Crippen LogP contribution in [0.2, 0.25) is 0 Å². The van der Waals surface area contributed by atoms with Crippen LogP contribution in [0.1, 0.15) is 83.0 Å². The van der Waals surface area contributed by atoms with Crippen LogP contribution in [0.15, 0.2) is 36.4 Å². The molecule has 3 saturated heterocycles. The van der Waals surface area contributed by atoms with Gasteiger partial charge >= 0.3 is 12.1 Å². The molecule has 1 amide bonds. The second-order valence-electron chi connectivity index (χ2n) is 15.1. The van der Waals surface area contributed by atoms with E-state index in [4.69, 9.17) is 19.4 Å². The number of hydrogen-bond donors (Lipinski definition) is 0. The van der Waals surface area contributed by atoms with E-state index in [1.165, 1.54) is 46.8 Å². The number of likely N-dealkylation sites (N-methyl/N-ethyl adjacent to an activating group) is 1. The fourth-order valence-electron chi connectivity index (χ4n) is 8.21. The lowest BCUT2D eigenvalue weighted by molar-refractivity contribution is 0.0122. The smallest absolute Gasteiger partial charge is 0.410 e. The number of anilines is 2. The molecule has 0 N–H and O–H groups in total. The van der Waals surface area contributed by atoms with Crippen LogP contribution in [0, 0.1) is 0 Å². The summed E-state index contributed by atoms with van der Waals surface area (Å²) in [5, 5.41) is 2.67. The topological polar surface area (TPSA) is 74.3 Å². The van der Waals surface area contributed by atoms with Gasteiger partial charge in [-0.05, 0) is 96.3 Å². The lowest BCUT2D eigenvalue weighted by Crippen LogP contribution is -2.57. The van der Waals surface area contributed by atoms with Crippen molar-refractivity contribution in [1.29, 1.82) is 0 Å². The Morgan fingerprint density at radius 1 is 0.979 bits per heavy atom. The molecule has 9 heteroatoms. The van der Waals surface area contributed by atoms with Gasteiger partial charge in [0.2, 0.25) is 0 Å². The maximum absolute atomic E-state index is 13.2. The number of aromatic nitrogens is 2. The number of carbonyl (C=O) groups excluding carboxylic acids is 1. The van der Waals surface area contributed by atoms with E-state index in [1.807, 2.05) is 25.7 Å². The molecule has 3 aromatic rings. The fraction of sp³-hybridized carbons (Fsp3) is 0.605. The Balaban J connectivity index is 1.20. The Morgan fingerprint density at radius 3 is 2.45 bits per heavy atom. The van der Waals surface area contributed by atoms with Crippen molar-refractivity contribution in [3.63, 3.8) is 0 Å². The van der Waals surface area contributed by atoms with E-state index in [1.54, 1.807) is 0 Å². The number of rotatable bonds is 8. The number of benzene rings is 2. The molecule has 2 unspecified atom stereocenters. The first-order valence-electron chi connectivity index (χ1n) is 17.9. The van der Waals surface area contributed by atoms with Gasteiger partial charge in [0, 0.05) is 42.3 Å². The second-order valence-corrected chi connectivity index (χ2v) is 15.1. The molecular weight excluding hydrogens is 588 g/mol. The van der Waals surface area contributed by atoms with Crippen molar-refractivity contribution in [3.05, 3.63) is 53.2 Å². The Bertz CT molecular complexity index is 1590. The quantitative estimate of drug-likeness (QED) is 0.273. The van der Waals surface area contributed by atoms with E-state index in [-0.39, 0.29) is 18.2 Å². The van der Waals surface area contributed by atoms with E-state index in [0.717, 1.165) is 76.3 Å². The van der Waals surface area contributed by atoms with Crippen molar-refractivity contribution in [2.24, 2.45) is 0 Å². The molecular formula is C38H52N6O3. The van der Waals surface area contributed by atoms with Crippen LogP contribution in [0.3, 0.4) is 0 Å². The van der Waals surface area contributed by atoms with Gasteiger partial charge in [0.1, 0.15) is 18.0 Å². The minimum absolute atomic E-state index is 0.114. The summed E-state index contributed by atoms with van der Waals surface area (Å²) >= 11 is 0. The van der Waals surface area contributed by atoms with Gasteiger partial charge in [-0.15, -0.1) is 0 Å². The third kappa shape index (κ3) is 6.60. The second kappa shape index (κ2) is 13.1. The number of fused-ring (bicyclic) bond motifs is 4. The van der Waals surface area contributed by atoms with Gasteiger partial charge in [0.05, 0.1) is 24.3 Å². The minimum Gasteiger partial charge on any atom is -0.462 e. The highest BCUT2D eigenvalue weighted by Gasteiger charge is 2.45. The number of unbranched alkanes of at least 4 members (excludes halogenated alkanes) is 1. The molecule has 7 rings (SSSR count). The highest BCUT2D eigenvalue weighted by Crippen LogP contribution is 2.39. The van der Waals surface area contributed by atoms with Crippen LogP contribution in [0.5, 0.6) is 6.01 Å². The summed E-state index contributed by atoms with van der Waals surface area (Å²) in [5.74, 6) is 0.992. The van der Waals surface area contributed by atoms with Crippen molar-refractivity contribution in [2.45, 2.75) is 109 Å². The summed E-state index contributed by atoms with van der Waals surface area (Å²) in [4.78, 5) is 32.8. The number of nitrogens with zero attached hydrogens (tertiary/aromatic N) is 6. The Kier molecular flexibility index (Phi) is 8.94. The number of piperazine rings is 1. The summed E-state index contributed by atoms with van der Waals surface area (Å²) in [6, 6.07) is 14.5. The van der Waals surface area contributed by atoms with Crippen LogP contribution in [0.4, 0.5) is 16.3 Å². The molecule has 0 spiro atoms. The van der Waals surface area contributed by atoms with Gasteiger partial charge in [-0.1, -0.05) is 43.7 Å². The average molecular weight is 641 g/mol. The SMILES string of the molecule is CCCCc1cccc2cccc(N3CCc4c(nc(OC[C@@H]5CCCN5C)nc4N4CC5CCC(C4)N5C(=O)OC(C)(C)C)C3)c12. The lowest BCUT2D eigenvalue weighted by atomic mass is 9.96. The predicted molar refractivity (Wildman–Crippen MR) is 188 cm³/mol. The van der Waals surface area contributed by atoms with Gasteiger partial charge in [-0.2, -0.15) is 9.97 Å². The number of likely N-dealkylation sites (tertiary alicyclic amines) is 1. The van der Waals surface area contributed by atoms with Gasteiger partial charge in [0.15, 0.2) is 0 Å². The maximum atomic E-state index is 13.2. The number of carbonyl (C=O) groups is 1. The third-order valence-corrected chi connectivity index (χ3v) is 10.6. The van der Waals surface area contributed by atoms with E-state index in [2.05, 4.69) is 65.1 Å². The summed E-state index contributed by atoms with van der Waals surface area (Å²) in [6.07, 6.45) is 8.45. The lowest BCUT2D eigenvalue weighted by Gasteiger charge is -2.43. The van der Waals surface area contributed by atoms with Crippen molar-refractivity contribution in [2.75, 3.05) is 49.6 Å². The van der Waals surface area contributed by atoms with E-state index in [9.17, 15) is 4.79 Å². The molecule has 9 nitrogen and oxygen atoms in total. The molecule has 5 heterocycles. The summed E-state index contributed by atoms with van der Waals surface area (Å²) in [5.41, 5.74) is 4.49. The standard InChI is InChI=1S/C38H52N6O3/c1-6-7-11-26-12-8-13-27-14-9-16-33(34(26)27)42-21-19-31-32(24-42)39-36(46-25-30-15-10-20-41(30)5)40-35(31)43-22-28-17-18-29(23-43)44(28)37(45)47-38(2,3)4/h8-9,12-14,16,28-30H,6-7,10-11,15,17-25H2,1-5H3/t28?,29?,30-/m0/s1. The Morgan fingerprint density at radius 2 is 1.74 bits per heavy atom. The normalized spacial score (nSPS) is 23.0. The third-order valence-electron chi connectivity index (χ3n) is 10.6. The minimum atomic E-state index is -0.508. The van der Waals surface area contributed by atoms with E-state index in [0.29, 0.717) is 18.7 Å². The molecule has 0 radical (unpaired) electrons. The molecule has 2 aromatic carbocycles. The Labute approximate surface area is 280 Å². The molecule has 3 fully saturated rings. The monoisotopic (exact) mass is 640 g/mol. The van der Waals surface area contributed by atoms with Gasteiger partial charge in [0.25, 0.3) is 0 Å². The number of hydrogen-bond acceptors (Lipinski definition) is 8. The zero-order chi connectivity index (χ0) is 32.7. The zero-order valence-electron chi connectivity index (χ0n) is 29.0.